The lowest BCUT2D eigenvalue weighted by Crippen LogP contribution is -2.50. The van der Waals surface area contributed by atoms with Crippen molar-refractivity contribution >= 4 is 29.0 Å². The van der Waals surface area contributed by atoms with Crippen LogP contribution < -0.4 is 11.1 Å². The van der Waals surface area contributed by atoms with Crippen molar-refractivity contribution < 1.29 is 9.59 Å². The van der Waals surface area contributed by atoms with Crippen molar-refractivity contribution in [2.45, 2.75) is 45.6 Å². The lowest BCUT2D eigenvalue weighted by atomic mass is 9.84. The van der Waals surface area contributed by atoms with E-state index in [2.05, 4.69) is 5.32 Å². The second-order valence-corrected chi connectivity index (χ2v) is 5.98. The van der Waals surface area contributed by atoms with Crippen LogP contribution in [-0.2, 0) is 9.59 Å². The van der Waals surface area contributed by atoms with Gasteiger partial charge in [0.05, 0.1) is 16.9 Å². The molecule has 0 spiro atoms. The van der Waals surface area contributed by atoms with E-state index in [0.717, 1.165) is 12.8 Å². The number of rotatable bonds is 5. The Labute approximate surface area is 119 Å². The molecule has 0 aromatic carbocycles. The third kappa shape index (κ3) is 3.65. The van der Waals surface area contributed by atoms with Crippen LogP contribution in [0.4, 0.5) is 0 Å². The SMILES string of the molecule is CC(C)NC(=O)CN(C)C(=O)C1(C(N)=S)CCCC1. The number of carbonyl (C=O) groups excluding carboxylic acids is 2. The molecule has 0 bridgehead atoms. The van der Waals surface area contributed by atoms with Crippen LogP contribution in [-0.4, -0.2) is 41.3 Å². The van der Waals surface area contributed by atoms with E-state index >= 15 is 0 Å². The zero-order valence-electron chi connectivity index (χ0n) is 11.9. The highest BCUT2D eigenvalue weighted by Gasteiger charge is 2.45. The van der Waals surface area contributed by atoms with E-state index < -0.39 is 5.41 Å². The zero-order valence-corrected chi connectivity index (χ0v) is 12.7. The van der Waals surface area contributed by atoms with Crippen LogP contribution >= 0.6 is 12.2 Å². The number of hydrogen-bond donors (Lipinski definition) is 2. The fourth-order valence-corrected chi connectivity index (χ4v) is 2.86. The molecule has 0 aliphatic heterocycles. The lowest BCUT2D eigenvalue weighted by molar-refractivity contribution is -0.140. The lowest BCUT2D eigenvalue weighted by Gasteiger charge is -2.31. The zero-order chi connectivity index (χ0) is 14.6. The number of hydrogen-bond acceptors (Lipinski definition) is 3. The molecule has 6 heteroatoms. The summed E-state index contributed by atoms with van der Waals surface area (Å²) in [6.45, 7) is 3.81. The van der Waals surface area contributed by atoms with E-state index in [1.807, 2.05) is 13.8 Å². The first-order valence-electron chi connectivity index (χ1n) is 6.64. The molecule has 1 aliphatic rings. The molecule has 0 atom stereocenters. The number of likely N-dealkylation sites (N-methyl/N-ethyl adjacent to an activating group) is 1. The van der Waals surface area contributed by atoms with Gasteiger partial charge in [-0.15, -0.1) is 0 Å². The van der Waals surface area contributed by atoms with Crippen molar-refractivity contribution in [3.05, 3.63) is 0 Å². The molecule has 0 aromatic rings. The van der Waals surface area contributed by atoms with Crippen LogP contribution in [0.2, 0.25) is 0 Å². The van der Waals surface area contributed by atoms with Crippen molar-refractivity contribution in [3.63, 3.8) is 0 Å². The summed E-state index contributed by atoms with van der Waals surface area (Å²) in [6.07, 6.45) is 3.29. The maximum Gasteiger partial charge on any atom is 0.239 e. The van der Waals surface area contributed by atoms with Gasteiger partial charge in [-0.2, -0.15) is 0 Å². The summed E-state index contributed by atoms with van der Waals surface area (Å²) in [5, 5.41) is 2.76. The summed E-state index contributed by atoms with van der Waals surface area (Å²) >= 11 is 5.08. The van der Waals surface area contributed by atoms with Gasteiger partial charge in [0.1, 0.15) is 0 Å². The van der Waals surface area contributed by atoms with E-state index in [1.165, 1.54) is 4.90 Å². The Morgan fingerprint density at radius 3 is 2.32 bits per heavy atom. The average molecular weight is 285 g/mol. The highest BCUT2D eigenvalue weighted by Crippen LogP contribution is 2.39. The molecule has 0 aromatic heterocycles. The molecule has 0 heterocycles. The first kappa shape index (κ1) is 15.9. The number of nitrogens with zero attached hydrogens (tertiary/aromatic N) is 1. The smallest absolute Gasteiger partial charge is 0.239 e. The first-order chi connectivity index (χ1) is 8.79. The van der Waals surface area contributed by atoms with E-state index in [4.69, 9.17) is 18.0 Å². The molecule has 2 amide bonds. The van der Waals surface area contributed by atoms with E-state index in [1.54, 1.807) is 7.05 Å². The van der Waals surface area contributed by atoms with Gasteiger partial charge in [-0.05, 0) is 26.7 Å². The number of thiocarbonyl (C=S) groups is 1. The molecule has 1 fully saturated rings. The van der Waals surface area contributed by atoms with Gasteiger partial charge in [-0.25, -0.2) is 0 Å². The van der Waals surface area contributed by atoms with E-state index in [-0.39, 0.29) is 29.4 Å². The molecular weight excluding hydrogens is 262 g/mol. The Bertz CT molecular complexity index is 376. The fourth-order valence-electron chi connectivity index (χ4n) is 2.56. The Kier molecular flexibility index (Phi) is 5.29. The van der Waals surface area contributed by atoms with Gasteiger partial charge in [0.15, 0.2) is 0 Å². The molecular formula is C13H23N3O2S. The molecule has 108 valence electrons. The normalized spacial score (nSPS) is 17.3. The van der Waals surface area contributed by atoms with Crippen LogP contribution in [0.1, 0.15) is 39.5 Å². The van der Waals surface area contributed by atoms with Crippen LogP contribution in [0.5, 0.6) is 0 Å². The highest BCUT2D eigenvalue weighted by molar-refractivity contribution is 7.80. The summed E-state index contributed by atoms with van der Waals surface area (Å²) in [4.78, 5) is 25.9. The molecule has 1 saturated carbocycles. The fraction of sp³-hybridized carbons (Fsp3) is 0.769. The average Bonchev–Trinajstić information content (AvgIpc) is 2.76. The van der Waals surface area contributed by atoms with E-state index in [0.29, 0.717) is 12.8 Å². The summed E-state index contributed by atoms with van der Waals surface area (Å²) in [6, 6.07) is 0.0621. The minimum atomic E-state index is -0.734. The Morgan fingerprint density at radius 1 is 1.37 bits per heavy atom. The maximum atomic E-state index is 12.5. The van der Waals surface area contributed by atoms with Crippen LogP contribution in [0, 0.1) is 5.41 Å². The topological polar surface area (TPSA) is 75.4 Å². The van der Waals surface area contributed by atoms with Crippen LogP contribution in [0.15, 0.2) is 0 Å². The van der Waals surface area contributed by atoms with Crippen molar-refractivity contribution in [1.29, 1.82) is 0 Å². The Balaban J connectivity index is 2.70. The molecule has 5 nitrogen and oxygen atoms in total. The Morgan fingerprint density at radius 2 is 1.89 bits per heavy atom. The second kappa shape index (κ2) is 6.32. The predicted molar refractivity (Wildman–Crippen MR) is 78.6 cm³/mol. The van der Waals surface area contributed by atoms with E-state index in [9.17, 15) is 9.59 Å². The van der Waals surface area contributed by atoms with Gasteiger partial charge in [-0.3, -0.25) is 9.59 Å². The van der Waals surface area contributed by atoms with Gasteiger partial charge in [0, 0.05) is 13.1 Å². The number of nitrogens with one attached hydrogen (secondary N) is 1. The Hall–Kier alpha value is -1.17. The number of amides is 2. The van der Waals surface area contributed by atoms with Crippen molar-refractivity contribution in [1.82, 2.24) is 10.2 Å². The minimum Gasteiger partial charge on any atom is -0.392 e. The molecule has 0 saturated heterocycles. The van der Waals surface area contributed by atoms with Crippen LogP contribution in [0.25, 0.3) is 0 Å². The predicted octanol–water partition coefficient (Wildman–Crippen LogP) is 0.816. The minimum absolute atomic E-state index is 0.0430. The molecule has 1 rings (SSSR count). The standard InChI is InChI=1S/C13H23N3O2S/c1-9(2)15-10(17)8-16(3)12(18)13(11(14)19)6-4-5-7-13/h9H,4-8H2,1-3H3,(H2,14,19)(H,15,17). The third-order valence-corrected chi connectivity index (χ3v) is 3.91. The molecule has 0 radical (unpaired) electrons. The quantitative estimate of drug-likeness (QED) is 0.733. The van der Waals surface area contributed by atoms with Gasteiger partial charge >= 0.3 is 0 Å². The van der Waals surface area contributed by atoms with Gasteiger partial charge in [0.2, 0.25) is 11.8 Å². The van der Waals surface area contributed by atoms with Gasteiger partial charge in [-0.1, -0.05) is 25.1 Å². The molecule has 3 N–H and O–H groups in total. The first-order valence-corrected chi connectivity index (χ1v) is 7.05. The van der Waals surface area contributed by atoms with Crippen molar-refractivity contribution in [2.24, 2.45) is 11.1 Å². The monoisotopic (exact) mass is 285 g/mol. The maximum absolute atomic E-state index is 12.5. The van der Waals surface area contributed by atoms with Gasteiger partial charge in [0.25, 0.3) is 0 Å². The molecule has 0 unspecified atom stereocenters. The molecule has 1 aliphatic carbocycles. The largest absolute Gasteiger partial charge is 0.392 e. The summed E-state index contributed by atoms with van der Waals surface area (Å²) in [5.41, 5.74) is 5.03. The summed E-state index contributed by atoms with van der Waals surface area (Å²) < 4.78 is 0. The van der Waals surface area contributed by atoms with Gasteiger partial charge < -0.3 is 16.0 Å². The number of nitrogens with two attached hydrogens (primary N) is 1. The number of carbonyl (C=O) groups is 2. The van der Waals surface area contributed by atoms with Crippen molar-refractivity contribution in [2.75, 3.05) is 13.6 Å². The third-order valence-electron chi connectivity index (χ3n) is 3.52. The second-order valence-electron chi connectivity index (χ2n) is 5.54. The molecule has 19 heavy (non-hydrogen) atoms. The highest BCUT2D eigenvalue weighted by atomic mass is 32.1. The van der Waals surface area contributed by atoms with Crippen molar-refractivity contribution in [3.8, 4) is 0 Å². The van der Waals surface area contributed by atoms with Crippen LogP contribution in [0.3, 0.4) is 0 Å². The summed E-state index contributed by atoms with van der Waals surface area (Å²) in [5.74, 6) is -0.293. The summed E-state index contributed by atoms with van der Waals surface area (Å²) in [7, 11) is 1.63.